The van der Waals surface area contributed by atoms with Crippen LogP contribution in [0, 0.1) is 13.8 Å². The Kier molecular flexibility index (Phi) is 4.41. The molecular weight excluding hydrogens is 222 g/mol. The molecule has 1 atom stereocenters. The first kappa shape index (κ1) is 13.6. The highest BCUT2D eigenvalue weighted by Crippen LogP contribution is 2.27. The summed E-state index contributed by atoms with van der Waals surface area (Å²) in [7, 11) is 0. The molecule has 1 unspecified atom stereocenters. The van der Waals surface area contributed by atoms with E-state index in [-0.39, 0.29) is 0 Å². The first-order chi connectivity index (χ1) is 8.60. The fourth-order valence-corrected chi connectivity index (χ4v) is 2.74. The summed E-state index contributed by atoms with van der Waals surface area (Å²) >= 11 is 0. The van der Waals surface area contributed by atoms with Gasteiger partial charge in [0.1, 0.15) is 0 Å². The maximum atomic E-state index is 5.60. The standard InChI is InChI=1S/C16H25NO/c1-5-18-15-9-14(10-15)17-13(4)16-8-11(2)6-7-12(16)3/h6-8,13-15,17H,5,9-10H2,1-4H3. The van der Waals surface area contributed by atoms with E-state index in [0.29, 0.717) is 18.2 Å². The summed E-state index contributed by atoms with van der Waals surface area (Å²) in [6, 6.07) is 7.74. The number of rotatable bonds is 5. The van der Waals surface area contributed by atoms with Crippen molar-refractivity contribution < 1.29 is 4.74 Å². The second-order valence-electron chi connectivity index (χ2n) is 5.49. The zero-order valence-corrected chi connectivity index (χ0v) is 12.0. The Labute approximate surface area is 111 Å². The van der Waals surface area contributed by atoms with Crippen LogP contribution in [0.4, 0.5) is 0 Å². The molecule has 0 aliphatic heterocycles. The molecule has 0 amide bonds. The van der Waals surface area contributed by atoms with Crippen molar-refractivity contribution in [3.63, 3.8) is 0 Å². The third kappa shape index (κ3) is 3.12. The SMILES string of the molecule is CCOC1CC(NC(C)c2cc(C)ccc2C)C1. The molecule has 2 heteroatoms. The Morgan fingerprint density at radius 1 is 1.33 bits per heavy atom. The van der Waals surface area contributed by atoms with Gasteiger partial charge in [0.15, 0.2) is 0 Å². The van der Waals surface area contributed by atoms with Crippen LogP contribution in [0.15, 0.2) is 18.2 Å². The second kappa shape index (κ2) is 5.85. The summed E-state index contributed by atoms with van der Waals surface area (Å²) in [5.41, 5.74) is 4.14. The zero-order chi connectivity index (χ0) is 13.1. The minimum Gasteiger partial charge on any atom is -0.378 e. The molecule has 2 rings (SSSR count). The van der Waals surface area contributed by atoms with E-state index in [1.165, 1.54) is 16.7 Å². The Bertz CT molecular complexity index is 396. The van der Waals surface area contributed by atoms with E-state index in [4.69, 9.17) is 4.74 Å². The molecule has 2 nitrogen and oxygen atoms in total. The normalized spacial score (nSPS) is 24.7. The molecule has 0 radical (unpaired) electrons. The van der Waals surface area contributed by atoms with Gasteiger partial charge in [0.25, 0.3) is 0 Å². The van der Waals surface area contributed by atoms with Gasteiger partial charge in [-0.05, 0) is 51.7 Å². The van der Waals surface area contributed by atoms with Gasteiger partial charge in [0.2, 0.25) is 0 Å². The first-order valence-electron chi connectivity index (χ1n) is 7.05. The number of hydrogen-bond acceptors (Lipinski definition) is 2. The Hall–Kier alpha value is -0.860. The zero-order valence-electron chi connectivity index (χ0n) is 12.0. The summed E-state index contributed by atoms with van der Waals surface area (Å²) in [5.74, 6) is 0. The molecule has 1 aliphatic carbocycles. The van der Waals surface area contributed by atoms with Crippen LogP contribution in [0.3, 0.4) is 0 Å². The van der Waals surface area contributed by atoms with Crippen molar-refractivity contribution in [1.29, 1.82) is 0 Å². The minimum absolute atomic E-state index is 0.428. The van der Waals surface area contributed by atoms with Crippen LogP contribution in [-0.4, -0.2) is 18.8 Å². The minimum atomic E-state index is 0.428. The lowest BCUT2D eigenvalue weighted by molar-refractivity contribution is -0.0120. The van der Waals surface area contributed by atoms with Crippen molar-refractivity contribution in [3.05, 3.63) is 34.9 Å². The number of nitrogens with one attached hydrogen (secondary N) is 1. The van der Waals surface area contributed by atoms with Crippen molar-refractivity contribution >= 4 is 0 Å². The van der Waals surface area contributed by atoms with Crippen molar-refractivity contribution in [2.45, 2.75) is 58.7 Å². The van der Waals surface area contributed by atoms with E-state index in [0.717, 1.165) is 19.4 Å². The van der Waals surface area contributed by atoms with E-state index in [1.807, 2.05) is 0 Å². The van der Waals surface area contributed by atoms with Gasteiger partial charge in [-0.25, -0.2) is 0 Å². The maximum absolute atomic E-state index is 5.60. The first-order valence-corrected chi connectivity index (χ1v) is 7.05. The van der Waals surface area contributed by atoms with Gasteiger partial charge in [0, 0.05) is 18.7 Å². The smallest absolute Gasteiger partial charge is 0.0604 e. The molecule has 1 N–H and O–H groups in total. The monoisotopic (exact) mass is 247 g/mol. The maximum Gasteiger partial charge on any atom is 0.0604 e. The van der Waals surface area contributed by atoms with E-state index >= 15 is 0 Å². The molecule has 1 saturated carbocycles. The molecular formula is C16H25NO. The van der Waals surface area contributed by atoms with Crippen molar-refractivity contribution in [1.82, 2.24) is 5.32 Å². The molecule has 100 valence electrons. The quantitative estimate of drug-likeness (QED) is 0.859. The van der Waals surface area contributed by atoms with Crippen LogP contribution in [0.2, 0.25) is 0 Å². The molecule has 0 saturated heterocycles. The fraction of sp³-hybridized carbons (Fsp3) is 0.625. The summed E-state index contributed by atoms with van der Waals surface area (Å²) in [6.07, 6.45) is 2.80. The summed E-state index contributed by atoms with van der Waals surface area (Å²) < 4.78 is 5.60. The number of aryl methyl sites for hydroxylation is 2. The third-order valence-electron chi connectivity index (χ3n) is 3.88. The van der Waals surface area contributed by atoms with Gasteiger partial charge in [-0.2, -0.15) is 0 Å². The topological polar surface area (TPSA) is 21.3 Å². The van der Waals surface area contributed by atoms with E-state index in [9.17, 15) is 0 Å². The number of benzene rings is 1. The highest BCUT2D eigenvalue weighted by molar-refractivity contribution is 5.32. The van der Waals surface area contributed by atoms with Gasteiger partial charge in [0.05, 0.1) is 6.10 Å². The average molecular weight is 247 g/mol. The largest absolute Gasteiger partial charge is 0.378 e. The molecule has 0 heterocycles. The number of hydrogen-bond donors (Lipinski definition) is 1. The van der Waals surface area contributed by atoms with E-state index < -0.39 is 0 Å². The van der Waals surface area contributed by atoms with Gasteiger partial charge in [-0.15, -0.1) is 0 Å². The predicted octanol–water partition coefficient (Wildman–Crippen LogP) is 3.52. The fourth-order valence-electron chi connectivity index (χ4n) is 2.74. The molecule has 0 aromatic heterocycles. The molecule has 0 bridgehead atoms. The second-order valence-corrected chi connectivity index (χ2v) is 5.49. The molecule has 1 fully saturated rings. The number of ether oxygens (including phenoxy) is 1. The molecule has 1 aromatic carbocycles. The van der Waals surface area contributed by atoms with Gasteiger partial charge < -0.3 is 10.1 Å². The molecule has 0 spiro atoms. The van der Waals surface area contributed by atoms with E-state index in [1.54, 1.807) is 0 Å². The van der Waals surface area contributed by atoms with Crippen LogP contribution in [0.25, 0.3) is 0 Å². The lowest BCUT2D eigenvalue weighted by atomic mass is 9.87. The van der Waals surface area contributed by atoms with Crippen molar-refractivity contribution in [2.75, 3.05) is 6.61 Å². The van der Waals surface area contributed by atoms with Crippen LogP contribution in [0.5, 0.6) is 0 Å². The Morgan fingerprint density at radius 3 is 2.72 bits per heavy atom. The summed E-state index contributed by atoms with van der Waals surface area (Å²) in [5, 5.41) is 3.71. The van der Waals surface area contributed by atoms with Crippen LogP contribution < -0.4 is 5.32 Å². The predicted molar refractivity (Wildman–Crippen MR) is 75.9 cm³/mol. The lowest BCUT2D eigenvalue weighted by Gasteiger charge is -2.37. The lowest BCUT2D eigenvalue weighted by Crippen LogP contribution is -2.46. The van der Waals surface area contributed by atoms with Crippen LogP contribution in [-0.2, 0) is 4.74 Å². The van der Waals surface area contributed by atoms with Crippen LogP contribution in [0.1, 0.15) is 49.4 Å². The van der Waals surface area contributed by atoms with E-state index in [2.05, 4.69) is 51.2 Å². The Morgan fingerprint density at radius 2 is 2.06 bits per heavy atom. The van der Waals surface area contributed by atoms with Crippen LogP contribution >= 0.6 is 0 Å². The molecule has 18 heavy (non-hydrogen) atoms. The molecule has 1 aromatic rings. The third-order valence-corrected chi connectivity index (χ3v) is 3.88. The average Bonchev–Trinajstić information content (AvgIpc) is 2.29. The molecule has 1 aliphatic rings. The van der Waals surface area contributed by atoms with Crippen molar-refractivity contribution in [2.24, 2.45) is 0 Å². The van der Waals surface area contributed by atoms with Gasteiger partial charge in [-0.1, -0.05) is 23.8 Å². The highest BCUT2D eigenvalue weighted by atomic mass is 16.5. The Balaban J connectivity index is 1.89. The summed E-state index contributed by atoms with van der Waals surface area (Å²) in [6.45, 7) is 9.51. The highest BCUT2D eigenvalue weighted by Gasteiger charge is 2.30. The van der Waals surface area contributed by atoms with Crippen molar-refractivity contribution in [3.8, 4) is 0 Å². The summed E-state index contributed by atoms with van der Waals surface area (Å²) in [4.78, 5) is 0. The van der Waals surface area contributed by atoms with Gasteiger partial charge >= 0.3 is 0 Å². The van der Waals surface area contributed by atoms with Gasteiger partial charge in [-0.3, -0.25) is 0 Å².